The first-order valence-electron chi connectivity index (χ1n) is 6.43. The number of hydrogen-bond acceptors (Lipinski definition) is 4. The molecule has 0 aliphatic carbocycles. The van der Waals surface area contributed by atoms with Gasteiger partial charge < -0.3 is 16.0 Å². The SMILES string of the molecule is CCN1CCCC(NC(=O)c2ccc(N)cn2)C1.Cl.Cl. The van der Waals surface area contributed by atoms with Crippen LogP contribution >= 0.6 is 24.8 Å². The number of hydrogen-bond donors (Lipinski definition) is 2. The van der Waals surface area contributed by atoms with Gasteiger partial charge >= 0.3 is 0 Å². The highest BCUT2D eigenvalue weighted by Gasteiger charge is 2.21. The fourth-order valence-corrected chi connectivity index (χ4v) is 2.26. The molecule has 5 nitrogen and oxygen atoms in total. The van der Waals surface area contributed by atoms with Crippen molar-refractivity contribution in [1.29, 1.82) is 0 Å². The van der Waals surface area contributed by atoms with Crippen molar-refractivity contribution in [2.24, 2.45) is 0 Å². The molecule has 1 atom stereocenters. The number of piperidine rings is 1. The fourth-order valence-electron chi connectivity index (χ4n) is 2.26. The molecule has 2 heterocycles. The summed E-state index contributed by atoms with van der Waals surface area (Å²) in [6.45, 7) is 5.23. The topological polar surface area (TPSA) is 71.2 Å². The van der Waals surface area contributed by atoms with Gasteiger partial charge in [-0.05, 0) is 38.1 Å². The smallest absolute Gasteiger partial charge is 0.270 e. The number of anilines is 1. The summed E-state index contributed by atoms with van der Waals surface area (Å²) in [4.78, 5) is 18.4. The van der Waals surface area contributed by atoms with Crippen LogP contribution in [0.4, 0.5) is 5.69 Å². The molecule has 0 radical (unpaired) electrons. The molecule has 1 amide bonds. The van der Waals surface area contributed by atoms with Crippen LogP contribution in [0.5, 0.6) is 0 Å². The van der Waals surface area contributed by atoms with E-state index in [1.165, 1.54) is 6.20 Å². The second-order valence-corrected chi connectivity index (χ2v) is 4.68. The summed E-state index contributed by atoms with van der Waals surface area (Å²) in [7, 11) is 0. The molecule has 1 aromatic rings. The average Bonchev–Trinajstić information content (AvgIpc) is 2.39. The standard InChI is InChI=1S/C13H20N4O.2ClH/c1-2-17-7-3-4-11(9-17)16-13(18)12-6-5-10(14)8-15-12;;/h5-6,8,11H,2-4,7,9,14H2,1H3,(H,16,18);2*1H. The Bertz CT molecular complexity index is 413. The van der Waals surface area contributed by atoms with Gasteiger partial charge in [0.2, 0.25) is 0 Å². The predicted molar refractivity (Wildman–Crippen MR) is 85.7 cm³/mol. The highest BCUT2D eigenvalue weighted by Crippen LogP contribution is 2.10. The maximum Gasteiger partial charge on any atom is 0.270 e. The largest absolute Gasteiger partial charge is 0.397 e. The number of halogens is 2. The predicted octanol–water partition coefficient (Wildman–Crippen LogP) is 1.72. The van der Waals surface area contributed by atoms with Gasteiger partial charge in [0.25, 0.3) is 5.91 Å². The molecule has 7 heteroatoms. The number of nitrogens with zero attached hydrogens (tertiary/aromatic N) is 2. The van der Waals surface area contributed by atoms with E-state index >= 15 is 0 Å². The van der Waals surface area contributed by atoms with E-state index in [1.807, 2.05) is 0 Å². The third-order valence-electron chi connectivity index (χ3n) is 3.31. The van der Waals surface area contributed by atoms with Crippen LogP contribution in [0.25, 0.3) is 0 Å². The van der Waals surface area contributed by atoms with Crippen molar-refractivity contribution in [1.82, 2.24) is 15.2 Å². The number of nitrogens with two attached hydrogens (primary N) is 1. The molecule has 3 N–H and O–H groups in total. The molecule has 0 saturated carbocycles. The number of nitrogen functional groups attached to an aromatic ring is 1. The minimum absolute atomic E-state index is 0. The lowest BCUT2D eigenvalue weighted by Gasteiger charge is -2.32. The molecular formula is C13H22Cl2N4O. The van der Waals surface area contributed by atoms with Gasteiger partial charge in [0.1, 0.15) is 5.69 Å². The third kappa shape index (κ3) is 5.15. The van der Waals surface area contributed by atoms with Crippen molar-refractivity contribution in [3.63, 3.8) is 0 Å². The number of rotatable bonds is 3. The first-order valence-corrected chi connectivity index (χ1v) is 6.43. The van der Waals surface area contributed by atoms with Crippen LogP contribution in [0.15, 0.2) is 18.3 Å². The van der Waals surface area contributed by atoms with Gasteiger partial charge in [-0.25, -0.2) is 4.98 Å². The number of carbonyl (C=O) groups excluding carboxylic acids is 1. The van der Waals surface area contributed by atoms with Crippen molar-refractivity contribution in [2.75, 3.05) is 25.4 Å². The van der Waals surface area contributed by atoms with Gasteiger partial charge in [-0.15, -0.1) is 24.8 Å². The van der Waals surface area contributed by atoms with E-state index in [2.05, 4.69) is 22.1 Å². The van der Waals surface area contributed by atoms with Gasteiger partial charge in [-0.1, -0.05) is 6.92 Å². The molecule has 1 aliphatic rings. The lowest BCUT2D eigenvalue weighted by Crippen LogP contribution is -2.47. The summed E-state index contributed by atoms with van der Waals surface area (Å²) in [5.41, 5.74) is 6.55. The molecule has 1 fully saturated rings. The van der Waals surface area contributed by atoms with Crippen LogP contribution in [-0.4, -0.2) is 41.5 Å². The number of likely N-dealkylation sites (N-methyl/N-ethyl adjacent to an activating group) is 1. The Morgan fingerprint density at radius 3 is 2.85 bits per heavy atom. The summed E-state index contributed by atoms with van der Waals surface area (Å²) < 4.78 is 0. The average molecular weight is 321 g/mol. The highest BCUT2D eigenvalue weighted by molar-refractivity contribution is 5.92. The normalized spacial score (nSPS) is 18.6. The van der Waals surface area contributed by atoms with Gasteiger partial charge in [0.05, 0.1) is 11.9 Å². The maximum atomic E-state index is 12.0. The van der Waals surface area contributed by atoms with Gasteiger partial charge in [-0.2, -0.15) is 0 Å². The molecule has 114 valence electrons. The quantitative estimate of drug-likeness (QED) is 0.889. The summed E-state index contributed by atoms with van der Waals surface area (Å²) in [5.74, 6) is -0.113. The van der Waals surface area contributed by atoms with E-state index in [4.69, 9.17) is 5.73 Å². The molecule has 1 unspecified atom stereocenters. The van der Waals surface area contributed by atoms with Crippen molar-refractivity contribution in [2.45, 2.75) is 25.8 Å². The Kier molecular flexibility index (Phi) is 8.53. The summed E-state index contributed by atoms with van der Waals surface area (Å²) >= 11 is 0. The molecule has 1 saturated heterocycles. The van der Waals surface area contributed by atoms with Crippen molar-refractivity contribution in [3.8, 4) is 0 Å². The number of amides is 1. The number of nitrogens with one attached hydrogen (secondary N) is 1. The lowest BCUT2D eigenvalue weighted by atomic mass is 10.1. The minimum atomic E-state index is -0.113. The molecule has 0 bridgehead atoms. The molecule has 2 rings (SSSR count). The van der Waals surface area contributed by atoms with Gasteiger partial charge in [0.15, 0.2) is 0 Å². The van der Waals surface area contributed by atoms with Crippen LogP contribution in [-0.2, 0) is 0 Å². The molecular weight excluding hydrogens is 299 g/mol. The third-order valence-corrected chi connectivity index (χ3v) is 3.31. The summed E-state index contributed by atoms with van der Waals surface area (Å²) in [6.07, 6.45) is 3.68. The van der Waals surface area contributed by atoms with E-state index < -0.39 is 0 Å². The molecule has 20 heavy (non-hydrogen) atoms. The van der Waals surface area contributed by atoms with Crippen molar-refractivity contribution >= 4 is 36.4 Å². The van der Waals surface area contributed by atoms with Crippen molar-refractivity contribution < 1.29 is 4.79 Å². The van der Waals surface area contributed by atoms with E-state index in [9.17, 15) is 4.79 Å². The zero-order chi connectivity index (χ0) is 13.0. The number of likely N-dealkylation sites (tertiary alicyclic amines) is 1. The van der Waals surface area contributed by atoms with Crippen LogP contribution in [0.3, 0.4) is 0 Å². The number of aromatic nitrogens is 1. The lowest BCUT2D eigenvalue weighted by molar-refractivity contribution is 0.0901. The van der Waals surface area contributed by atoms with E-state index in [0.29, 0.717) is 11.4 Å². The van der Waals surface area contributed by atoms with Crippen LogP contribution < -0.4 is 11.1 Å². The molecule has 1 aliphatic heterocycles. The second kappa shape index (κ2) is 9.00. The zero-order valence-electron chi connectivity index (χ0n) is 11.5. The summed E-state index contributed by atoms with van der Waals surface area (Å²) in [6, 6.07) is 3.58. The first-order chi connectivity index (χ1) is 8.69. The Morgan fingerprint density at radius 2 is 2.25 bits per heavy atom. The molecule has 1 aromatic heterocycles. The second-order valence-electron chi connectivity index (χ2n) is 4.68. The Morgan fingerprint density at radius 1 is 1.50 bits per heavy atom. The van der Waals surface area contributed by atoms with Crippen LogP contribution in [0.2, 0.25) is 0 Å². The Labute approximate surface area is 132 Å². The van der Waals surface area contributed by atoms with E-state index in [-0.39, 0.29) is 36.8 Å². The van der Waals surface area contributed by atoms with Crippen LogP contribution in [0, 0.1) is 0 Å². The monoisotopic (exact) mass is 320 g/mol. The summed E-state index contributed by atoms with van der Waals surface area (Å²) in [5, 5.41) is 3.03. The minimum Gasteiger partial charge on any atom is -0.397 e. The van der Waals surface area contributed by atoms with E-state index in [0.717, 1.165) is 32.5 Å². The van der Waals surface area contributed by atoms with Gasteiger partial charge in [0, 0.05) is 12.6 Å². The highest BCUT2D eigenvalue weighted by atomic mass is 35.5. The zero-order valence-corrected chi connectivity index (χ0v) is 13.2. The number of pyridine rings is 1. The van der Waals surface area contributed by atoms with Gasteiger partial charge in [-0.3, -0.25) is 4.79 Å². The fraction of sp³-hybridized carbons (Fsp3) is 0.538. The molecule has 0 spiro atoms. The van der Waals surface area contributed by atoms with E-state index in [1.54, 1.807) is 12.1 Å². The Balaban J connectivity index is 0.00000180. The maximum absolute atomic E-state index is 12.0. The molecule has 0 aromatic carbocycles. The first kappa shape index (κ1) is 19.0. The number of carbonyl (C=O) groups is 1. The Hall–Kier alpha value is -1.04. The van der Waals surface area contributed by atoms with Crippen LogP contribution in [0.1, 0.15) is 30.3 Å². The van der Waals surface area contributed by atoms with Crippen molar-refractivity contribution in [3.05, 3.63) is 24.0 Å².